The number of nitrogens with one attached hydrogen (secondary N) is 1. The van der Waals surface area contributed by atoms with E-state index < -0.39 is 6.10 Å². The van der Waals surface area contributed by atoms with Gasteiger partial charge in [0, 0.05) is 13.0 Å². The third-order valence-corrected chi connectivity index (χ3v) is 7.50. The van der Waals surface area contributed by atoms with E-state index >= 15 is 0 Å². The zero-order valence-corrected chi connectivity index (χ0v) is 21.1. The van der Waals surface area contributed by atoms with Crippen LogP contribution in [0.1, 0.15) is 61.3 Å². The summed E-state index contributed by atoms with van der Waals surface area (Å²) in [5.41, 5.74) is 3.04. The zero-order valence-electron chi connectivity index (χ0n) is 19.6. The van der Waals surface area contributed by atoms with Crippen LogP contribution in [-0.4, -0.2) is 48.2 Å². The molecule has 0 bridgehead atoms. The van der Waals surface area contributed by atoms with E-state index in [-0.39, 0.29) is 11.9 Å². The molecule has 5 nitrogen and oxygen atoms in total. The number of rotatable bonds is 9. The van der Waals surface area contributed by atoms with E-state index in [4.69, 9.17) is 27.9 Å². The third kappa shape index (κ3) is 6.88. The predicted octanol–water partition coefficient (Wildman–Crippen LogP) is 5.35. The average molecular weight is 505 g/mol. The van der Waals surface area contributed by atoms with Crippen LogP contribution in [0, 0.1) is 0 Å². The van der Waals surface area contributed by atoms with Crippen molar-refractivity contribution >= 4 is 29.1 Å². The molecule has 2 aromatic rings. The molecule has 0 radical (unpaired) electrons. The van der Waals surface area contributed by atoms with Crippen LogP contribution < -0.4 is 10.1 Å². The van der Waals surface area contributed by atoms with Crippen LogP contribution in [0.15, 0.2) is 36.4 Å². The molecule has 7 heteroatoms. The van der Waals surface area contributed by atoms with Gasteiger partial charge < -0.3 is 20.1 Å². The van der Waals surface area contributed by atoms with Gasteiger partial charge in [-0.1, -0.05) is 41.4 Å². The highest BCUT2D eigenvalue weighted by atomic mass is 35.5. The Kier molecular flexibility index (Phi) is 9.12. The largest absolute Gasteiger partial charge is 0.493 e. The van der Waals surface area contributed by atoms with Gasteiger partial charge in [0.1, 0.15) is 11.9 Å². The Morgan fingerprint density at radius 3 is 2.68 bits per heavy atom. The minimum absolute atomic E-state index is 0.0469. The number of ether oxygens (including phenoxy) is 1. The number of aryl methyl sites for hydroxylation is 2. The number of hydrogen-bond acceptors (Lipinski definition) is 4. The first-order valence-electron chi connectivity index (χ1n) is 12.4. The molecule has 0 spiro atoms. The maximum Gasteiger partial charge on any atom is 0.220 e. The highest BCUT2D eigenvalue weighted by Crippen LogP contribution is 2.30. The summed E-state index contributed by atoms with van der Waals surface area (Å²) in [5.74, 6) is 0.816. The Bertz CT molecular complexity index is 978. The van der Waals surface area contributed by atoms with Crippen molar-refractivity contribution in [1.82, 2.24) is 10.2 Å². The summed E-state index contributed by atoms with van der Waals surface area (Å²) in [4.78, 5) is 15.2. The number of aliphatic hydroxyl groups excluding tert-OH is 1. The van der Waals surface area contributed by atoms with Crippen molar-refractivity contribution in [2.45, 2.75) is 63.5 Å². The van der Waals surface area contributed by atoms with E-state index in [1.807, 2.05) is 24.3 Å². The van der Waals surface area contributed by atoms with Crippen LogP contribution in [0.5, 0.6) is 5.75 Å². The van der Waals surface area contributed by atoms with Crippen molar-refractivity contribution in [3.63, 3.8) is 0 Å². The first-order valence-corrected chi connectivity index (χ1v) is 13.1. The minimum Gasteiger partial charge on any atom is -0.493 e. The lowest BCUT2D eigenvalue weighted by Crippen LogP contribution is -2.46. The van der Waals surface area contributed by atoms with E-state index in [0.717, 1.165) is 68.5 Å². The van der Waals surface area contributed by atoms with Crippen LogP contribution in [-0.2, 0) is 17.6 Å². The molecule has 4 rings (SSSR count). The molecule has 0 unspecified atom stereocenters. The third-order valence-electron chi connectivity index (χ3n) is 6.77. The number of carbonyl (C=O) groups is 1. The summed E-state index contributed by atoms with van der Waals surface area (Å²) < 4.78 is 5.92. The van der Waals surface area contributed by atoms with Gasteiger partial charge in [0.05, 0.1) is 22.7 Å². The summed E-state index contributed by atoms with van der Waals surface area (Å²) in [6, 6.07) is 11.2. The molecule has 2 aromatic carbocycles. The standard InChI is InChI=1S/C27H34Cl2N2O3/c28-22-12-9-19(16-23(22)29)6-5-8-26(32)30-24(18-31-13-2-3-14-31)27(33)21-11-10-20-7-1-4-15-34-25(20)17-21/h9-12,16-17,24,27,33H,1-8,13-15,18H2,(H,30,32)/t24-,27-/m1/s1. The van der Waals surface area contributed by atoms with Crippen molar-refractivity contribution in [3.8, 4) is 5.75 Å². The molecule has 0 saturated carbocycles. The van der Waals surface area contributed by atoms with Crippen molar-refractivity contribution in [1.29, 1.82) is 0 Å². The molecule has 1 fully saturated rings. The number of carbonyl (C=O) groups excluding carboxylic acids is 1. The van der Waals surface area contributed by atoms with Gasteiger partial charge in [-0.05, 0) is 92.9 Å². The van der Waals surface area contributed by atoms with Gasteiger partial charge in [0.2, 0.25) is 5.91 Å². The second-order valence-electron chi connectivity index (χ2n) is 9.40. The molecular formula is C27H34Cl2N2O3. The summed E-state index contributed by atoms with van der Waals surface area (Å²) in [5, 5.41) is 15.5. The lowest BCUT2D eigenvalue weighted by atomic mass is 9.98. The second kappa shape index (κ2) is 12.3. The minimum atomic E-state index is -0.795. The fourth-order valence-corrected chi connectivity index (χ4v) is 5.14. The first-order chi connectivity index (χ1) is 16.5. The number of aliphatic hydroxyl groups is 1. The number of nitrogens with zero attached hydrogens (tertiary/aromatic N) is 1. The van der Waals surface area contributed by atoms with Crippen molar-refractivity contribution in [2.75, 3.05) is 26.2 Å². The smallest absolute Gasteiger partial charge is 0.220 e. The fourth-order valence-electron chi connectivity index (χ4n) is 4.82. The second-order valence-corrected chi connectivity index (χ2v) is 10.2. The fraction of sp³-hybridized carbons (Fsp3) is 0.519. The quantitative estimate of drug-likeness (QED) is 0.483. The molecule has 0 aromatic heterocycles. The van der Waals surface area contributed by atoms with Crippen LogP contribution in [0.2, 0.25) is 10.0 Å². The lowest BCUT2D eigenvalue weighted by Gasteiger charge is -2.29. The highest BCUT2D eigenvalue weighted by Gasteiger charge is 2.27. The van der Waals surface area contributed by atoms with E-state index in [2.05, 4.69) is 16.3 Å². The Morgan fingerprint density at radius 2 is 1.88 bits per heavy atom. The highest BCUT2D eigenvalue weighted by molar-refractivity contribution is 6.42. The average Bonchev–Trinajstić information content (AvgIpc) is 3.23. The molecule has 0 aliphatic carbocycles. The summed E-state index contributed by atoms with van der Waals surface area (Å²) in [6.45, 7) is 3.35. The van der Waals surface area contributed by atoms with E-state index in [9.17, 15) is 9.90 Å². The molecule has 1 amide bonds. The van der Waals surface area contributed by atoms with Crippen LogP contribution >= 0.6 is 23.2 Å². The van der Waals surface area contributed by atoms with Gasteiger partial charge >= 0.3 is 0 Å². The van der Waals surface area contributed by atoms with Gasteiger partial charge in [-0.25, -0.2) is 0 Å². The van der Waals surface area contributed by atoms with Crippen molar-refractivity contribution < 1.29 is 14.6 Å². The molecule has 2 heterocycles. The molecule has 2 N–H and O–H groups in total. The van der Waals surface area contributed by atoms with E-state index in [0.29, 0.717) is 36.0 Å². The molecule has 2 aliphatic heterocycles. The molecule has 34 heavy (non-hydrogen) atoms. The molecule has 2 atom stereocenters. The molecule has 184 valence electrons. The zero-order chi connectivity index (χ0) is 23.9. The van der Waals surface area contributed by atoms with Crippen LogP contribution in [0.4, 0.5) is 0 Å². The summed E-state index contributed by atoms with van der Waals surface area (Å²) >= 11 is 12.1. The van der Waals surface area contributed by atoms with Crippen LogP contribution in [0.3, 0.4) is 0 Å². The summed E-state index contributed by atoms with van der Waals surface area (Å²) in [7, 11) is 0. The first kappa shape index (κ1) is 25.3. The number of hydrogen-bond donors (Lipinski definition) is 2. The SMILES string of the molecule is O=C(CCCc1ccc(Cl)c(Cl)c1)N[C@H](CN1CCCC1)[C@H](O)c1ccc2c(c1)OCCCC2. The molecular weight excluding hydrogens is 471 g/mol. The van der Waals surface area contributed by atoms with Gasteiger partial charge in [-0.15, -0.1) is 0 Å². The monoisotopic (exact) mass is 504 g/mol. The predicted molar refractivity (Wildman–Crippen MR) is 137 cm³/mol. The Morgan fingerprint density at radius 1 is 1.06 bits per heavy atom. The molecule has 2 aliphatic rings. The van der Waals surface area contributed by atoms with Gasteiger partial charge in [-0.2, -0.15) is 0 Å². The number of fused-ring (bicyclic) bond motifs is 1. The topological polar surface area (TPSA) is 61.8 Å². The molecule has 1 saturated heterocycles. The number of halogens is 2. The lowest BCUT2D eigenvalue weighted by molar-refractivity contribution is -0.123. The van der Waals surface area contributed by atoms with Gasteiger partial charge in [-0.3, -0.25) is 4.79 Å². The summed E-state index contributed by atoms with van der Waals surface area (Å²) in [6.07, 6.45) is 6.51. The number of amides is 1. The normalized spacial score (nSPS) is 18.0. The Labute approximate surface area is 212 Å². The maximum atomic E-state index is 12.8. The van der Waals surface area contributed by atoms with Gasteiger partial charge in [0.25, 0.3) is 0 Å². The van der Waals surface area contributed by atoms with E-state index in [1.54, 1.807) is 6.07 Å². The van der Waals surface area contributed by atoms with Crippen molar-refractivity contribution in [2.24, 2.45) is 0 Å². The van der Waals surface area contributed by atoms with Crippen LogP contribution in [0.25, 0.3) is 0 Å². The number of benzene rings is 2. The van der Waals surface area contributed by atoms with E-state index in [1.165, 1.54) is 5.56 Å². The van der Waals surface area contributed by atoms with Gasteiger partial charge in [0.15, 0.2) is 0 Å². The Hall–Kier alpha value is -1.79. The van der Waals surface area contributed by atoms with Crippen molar-refractivity contribution in [3.05, 3.63) is 63.1 Å². The maximum absolute atomic E-state index is 12.8. The Balaban J connectivity index is 1.39. The number of likely N-dealkylation sites (tertiary alicyclic amines) is 1.